The van der Waals surface area contributed by atoms with Gasteiger partial charge >= 0.3 is 0 Å². The average molecular weight is 296 g/mol. The molecule has 1 aromatic heterocycles. The third-order valence-electron chi connectivity index (χ3n) is 2.73. The van der Waals surface area contributed by atoms with Crippen LogP contribution in [0.1, 0.15) is 25.7 Å². The van der Waals surface area contributed by atoms with Crippen LogP contribution in [0, 0.1) is 0 Å². The molecule has 1 N–H and O–H groups in total. The maximum atomic E-state index is 12.0. The SMILES string of the molecule is O=S(=O)(Nc1ncnc(Cl)c1Cl)C1CCCC1. The van der Waals surface area contributed by atoms with E-state index in [0.717, 1.165) is 12.8 Å². The second-order valence-corrected chi connectivity index (χ2v) is 6.58. The number of rotatable bonds is 3. The minimum Gasteiger partial charge on any atom is -0.266 e. The van der Waals surface area contributed by atoms with Gasteiger partial charge in [-0.25, -0.2) is 18.4 Å². The molecule has 0 aromatic carbocycles. The predicted molar refractivity (Wildman–Crippen MR) is 66.9 cm³/mol. The molecule has 0 amide bonds. The second kappa shape index (κ2) is 4.96. The molecule has 2 rings (SSSR count). The molecule has 94 valence electrons. The summed E-state index contributed by atoms with van der Waals surface area (Å²) in [6.07, 6.45) is 4.38. The fraction of sp³-hybridized carbons (Fsp3) is 0.556. The highest BCUT2D eigenvalue weighted by molar-refractivity contribution is 7.93. The van der Waals surface area contributed by atoms with E-state index in [-0.39, 0.29) is 21.2 Å². The van der Waals surface area contributed by atoms with Gasteiger partial charge in [-0.15, -0.1) is 0 Å². The van der Waals surface area contributed by atoms with Gasteiger partial charge in [-0.1, -0.05) is 36.0 Å². The molecule has 0 spiro atoms. The van der Waals surface area contributed by atoms with Crippen LogP contribution in [0.5, 0.6) is 0 Å². The number of aromatic nitrogens is 2. The molecule has 8 heteroatoms. The van der Waals surface area contributed by atoms with Gasteiger partial charge in [0.15, 0.2) is 11.0 Å². The van der Waals surface area contributed by atoms with Gasteiger partial charge in [-0.3, -0.25) is 4.72 Å². The van der Waals surface area contributed by atoms with Crippen molar-refractivity contribution in [1.82, 2.24) is 9.97 Å². The zero-order chi connectivity index (χ0) is 12.5. The van der Waals surface area contributed by atoms with Crippen molar-refractivity contribution in [3.8, 4) is 0 Å². The van der Waals surface area contributed by atoms with Crippen LogP contribution in [0.3, 0.4) is 0 Å². The van der Waals surface area contributed by atoms with Crippen LogP contribution in [-0.4, -0.2) is 23.6 Å². The van der Waals surface area contributed by atoms with Crippen LogP contribution in [0.2, 0.25) is 10.2 Å². The van der Waals surface area contributed by atoms with Crippen molar-refractivity contribution in [1.29, 1.82) is 0 Å². The van der Waals surface area contributed by atoms with Crippen molar-refractivity contribution in [2.75, 3.05) is 4.72 Å². The quantitative estimate of drug-likeness (QED) is 0.870. The van der Waals surface area contributed by atoms with Gasteiger partial charge in [0.2, 0.25) is 10.0 Å². The number of anilines is 1. The largest absolute Gasteiger partial charge is 0.266 e. The number of hydrogen-bond acceptors (Lipinski definition) is 4. The Balaban J connectivity index is 2.23. The Kier molecular flexibility index (Phi) is 3.75. The monoisotopic (exact) mass is 295 g/mol. The smallest absolute Gasteiger partial charge is 0.236 e. The topological polar surface area (TPSA) is 72.0 Å². The molecule has 1 heterocycles. The molecule has 0 aliphatic heterocycles. The first-order valence-corrected chi connectivity index (χ1v) is 7.48. The van der Waals surface area contributed by atoms with Crippen molar-refractivity contribution in [3.05, 3.63) is 16.5 Å². The van der Waals surface area contributed by atoms with Gasteiger partial charge in [-0.2, -0.15) is 0 Å². The zero-order valence-electron chi connectivity index (χ0n) is 8.86. The second-order valence-electron chi connectivity index (χ2n) is 3.88. The van der Waals surface area contributed by atoms with E-state index in [9.17, 15) is 8.42 Å². The Morgan fingerprint density at radius 1 is 1.24 bits per heavy atom. The summed E-state index contributed by atoms with van der Waals surface area (Å²) >= 11 is 11.5. The molecule has 5 nitrogen and oxygen atoms in total. The Morgan fingerprint density at radius 3 is 2.53 bits per heavy atom. The van der Waals surface area contributed by atoms with Crippen LogP contribution in [0.4, 0.5) is 5.82 Å². The van der Waals surface area contributed by atoms with Crippen molar-refractivity contribution in [2.45, 2.75) is 30.9 Å². The zero-order valence-corrected chi connectivity index (χ0v) is 11.2. The average Bonchev–Trinajstić information content (AvgIpc) is 2.78. The minimum absolute atomic E-state index is 0.0238. The van der Waals surface area contributed by atoms with Gasteiger partial charge in [0.05, 0.1) is 5.25 Å². The number of nitrogens with one attached hydrogen (secondary N) is 1. The summed E-state index contributed by atoms with van der Waals surface area (Å²) in [5.41, 5.74) is 0. The van der Waals surface area contributed by atoms with Gasteiger partial charge < -0.3 is 0 Å². The third kappa shape index (κ3) is 2.81. The molecular formula is C9H11Cl2N3O2S. The van der Waals surface area contributed by atoms with Gasteiger partial charge in [0.25, 0.3) is 0 Å². The highest BCUT2D eigenvalue weighted by atomic mass is 35.5. The summed E-state index contributed by atoms with van der Waals surface area (Å²) in [7, 11) is -3.44. The van der Waals surface area contributed by atoms with E-state index < -0.39 is 10.0 Å². The maximum absolute atomic E-state index is 12.0. The molecule has 0 atom stereocenters. The lowest BCUT2D eigenvalue weighted by Gasteiger charge is -2.13. The number of nitrogens with zero attached hydrogens (tertiary/aromatic N) is 2. The molecule has 1 fully saturated rings. The van der Waals surface area contributed by atoms with E-state index in [1.54, 1.807) is 0 Å². The first kappa shape index (κ1) is 12.9. The molecule has 0 bridgehead atoms. The van der Waals surface area contributed by atoms with Crippen LogP contribution in [0.15, 0.2) is 6.33 Å². The lowest BCUT2D eigenvalue weighted by Crippen LogP contribution is -2.25. The first-order chi connectivity index (χ1) is 8.00. The van der Waals surface area contributed by atoms with Crippen molar-refractivity contribution < 1.29 is 8.42 Å². The van der Waals surface area contributed by atoms with E-state index in [2.05, 4.69) is 14.7 Å². The summed E-state index contributed by atoms with van der Waals surface area (Å²) in [6.45, 7) is 0. The summed E-state index contributed by atoms with van der Waals surface area (Å²) < 4.78 is 26.4. The minimum atomic E-state index is -3.44. The van der Waals surface area contributed by atoms with E-state index in [4.69, 9.17) is 23.2 Å². The van der Waals surface area contributed by atoms with E-state index in [0.29, 0.717) is 12.8 Å². The summed E-state index contributed by atoms with van der Waals surface area (Å²) in [4.78, 5) is 7.43. The molecule has 0 unspecified atom stereocenters. The lowest BCUT2D eigenvalue weighted by molar-refractivity contribution is 0.585. The number of hydrogen-bond donors (Lipinski definition) is 1. The number of halogens is 2. The molecular weight excluding hydrogens is 285 g/mol. The molecule has 1 saturated carbocycles. The van der Waals surface area contributed by atoms with Crippen molar-refractivity contribution >= 4 is 39.0 Å². The van der Waals surface area contributed by atoms with Gasteiger partial charge in [0.1, 0.15) is 11.3 Å². The van der Waals surface area contributed by atoms with E-state index in [1.165, 1.54) is 6.33 Å². The van der Waals surface area contributed by atoms with Crippen LogP contribution < -0.4 is 4.72 Å². The van der Waals surface area contributed by atoms with Crippen LogP contribution in [0.25, 0.3) is 0 Å². The summed E-state index contributed by atoms with van der Waals surface area (Å²) in [5.74, 6) is 0.0403. The predicted octanol–water partition coefficient (Wildman–Crippen LogP) is 2.47. The summed E-state index contributed by atoms with van der Waals surface area (Å²) in [6, 6.07) is 0. The van der Waals surface area contributed by atoms with Crippen molar-refractivity contribution in [2.24, 2.45) is 0 Å². The third-order valence-corrected chi connectivity index (χ3v) is 5.30. The Morgan fingerprint density at radius 2 is 1.88 bits per heavy atom. The highest BCUT2D eigenvalue weighted by Crippen LogP contribution is 2.30. The summed E-state index contributed by atoms with van der Waals surface area (Å²) in [5, 5.41) is -0.311. The molecule has 1 aromatic rings. The lowest BCUT2D eigenvalue weighted by atomic mass is 10.4. The Bertz CT molecular complexity index is 515. The molecule has 0 saturated heterocycles. The number of sulfonamides is 1. The molecule has 1 aliphatic rings. The fourth-order valence-corrected chi connectivity index (χ4v) is 3.72. The normalized spacial score (nSPS) is 17.3. The molecule has 17 heavy (non-hydrogen) atoms. The van der Waals surface area contributed by atoms with E-state index >= 15 is 0 Å². The fourth-order valence-electron chi connectivity index (χ4n) is 1.84. The first-order valence-electron chi connectivity index (χ1n) is 5.18. The van der Waals surface area contributed by atoms with Crippen LogP contribution in [-0.2, 0) is 10.0 Å². The Hall–Kier alpha value is -0.590. The molecule has 1 aliphatic carbocycles. The molecule has 0 radical (unpaired) electrons. The van der Waals surface area contributed by atoms with E-state index in [1.807, 2.05) is 0 Å². The highest BCUT2D eigenvalue weighted by Gasteiger charge is 2.29. The van der Waals surface area contributed by atoms with Crippen LogP contribution >= 0.6 is 23.2 Å². The van der Waals surface area contributed by atoms with Crippen molar-refractivity contribution in [3.63, 3.8) is 0 Å². The van der Waals surface area contributed by atoms with Gasteiger partial charge in [-0.05, 0) is 12.8 Å². The maximum Gasteiger partial charge on any atom is 0.236 e. The van der Waals surface area contributed by atoms with Gasteiger partial charge in [0, 0.05) is 0 Å². The standard InChI is InChI=1S/C9H11Cl2N3O2S/c10-7-8(11)12-5-13-9(7)14-17(15,16)6-3-1-2-4-6/h5-6H,1-4H2,(H,12,13,14). The Labute approximate surface area is 110 Å².